The second-order valence-electron chi connectivity index (χ2n) is 4.48. The second kappa shape index (κ2) is 3.51. The Bertz CT molecular complexity index is 281. The number of rotatable bonds is 1. The third-order valence-electron chi connectivity index (χ3n) is 2.21. The van der Waals surface area contributed by atoms with Gasteiger partial charge in [-0.15, -0.1) is 0 Å². The molecule has 71 valence electrons. The Balaban J connectivity index is 3.20. The topological polar surface area (TPSA) is 19.9 Å². The van der Waals surface area contributed by atoms with Gasteiger partial charge in [-0.05, 0) is 23.5 Å². The van der Waals surface area contributed by atoms with Gasteiger partial charge in [0.2, 0.25) is 0 Å². The molecule has 1 atom stereocenters. The minimum absolute atomic E-state index is 0.0647. The van der Waals surface area contributed by atoms with Gasteiger partial charge in [0.15, 0.2) is 0 Å². The lowest BCUT2D eigenvalue weighted by atomic mass is 9.82. The van der Waals surface area contributed by atoms with Crippen molar-refractivity contribution in [1.29, 1.82) is 0 Å². The molecule has 0 fully saturated rings. The normalized spacial score (nSPS) is 14.2. The molecule has 13 heavy (non-hydrogen) atoms. The molecular weight excluding hydrogens is 160 g/mol. The fourth-order valence-electron chi connectivity index (χ4n) is 1.53. The molecular formula is C12H17O. The van der Waals surface area contributed by atoms with Crippen LogP contribution in [0.2, 0.25) is 0 Å². The summed E-state index contributed by atoms with van der Waals surface area (Å²) in [6, 6.07) is 7.90. The smallest absolute Gasteiger partial charge is 0.115 e. The first-order valence-electron chi connectivity index (χ1n) is 4.68. The van der Waals surface area contributed by atoms with Crippen LogP contribution in [0.5, 0.6) is 0 Å². The summed E-state index contributed by atoms with van der Waals surface area (Å²) in [5.41, 5.74) is 2.16. The van der Waals surface area contributed by atoms with Crippen molar-refractivity contribution in [2.24, 2.45) is 0 Å². The van der Waals surface area contributed by atoms with E-state index in [0.717, 1.165) is 11.1 Å². The van der Waals surface area contributed by atoms with Gasteiger partial charge in [0.25, 0.3) is 0 Å². The molecule has 1 rings (SSSR count). The number of benzene rings is 1. The monoisotopic (exact) mass is 177 g/mol. The molecule has 1 heteroatoms. The highest BCUT2D eigenvalue weighted by Crippen LogP contribution is 2.29. The van der Waals surface area contributed by atoms with E-state index in [4.69, 9.17) is 0 Å². The van der Waals surface area contributed by atoms with Crippen molar-refractivity contribution in [3.05, 3.63) is 35.4 Å². The summed E-state index contributed by atoms with van der Waals surface area (Å²) in [5.74, 6) is 0. The van der Waals surface area contributed by atoms with E-state index < -0.39 is 6.10 Å². The Kier molecular flexibility index (Phi) is 2.77. The molecule has 0 aliphatic rings. The van der Waals surface area contributed by atoms with E-state index in [2.05, 4.69) is 20.8 Å². The third kappa shape index (κ3) is 2.31. The first-order valence-corrected chi connectivity index (χ1v) is 4.68. The Morgan fingerprint density at radius 2 is 1.69 bits per heavy atom. The second-order valence-corrected chi connectivity index (χ2v) is 4.48. The van der Waals surface area contributed by atoms with Gasteiger partial charge in [-0.25, -0.2) is 5.11 Å². The number of hydrogen-bond donors (Lipinski definition) is 0. The zero-order valence-electron chi connectivity index (χ0n) is 8.79. The summed E-state index contributed by atoms with van der Waals surface area (Å²) in [6.07, 6.45) is -0.629. The molecule has 0 heterocycles. The van der Waals surface area contributed by atoms with Crippen LogP contribution in [0, 0.1) is 0 Å². The molecule has 0 N–H and O–H groups in total. The average Bonchev–Trinajstić information content (AvgIpc) is 2.03. The van der Waals surface area contributed by atoms with Crippen LogP contribution in [0.25, 0.3) is 0 Å². The summed E-state index contributed by atoms with van der Waals surface area (Å²) in [7, 11) is 0. The highest BCUT2D eigenvalue weighted by molar-refractivity contribution is 5.33. The van der Waals surface area contributed by atoms with Gasteiger partial charge < -0.3 is 0 Å². The zero-order valence-corrected chi connectivity index (χ0v) is 8.79. The summed E-state index contributed by atoms with van der Waals surface area (Å²) < 4.78 is 0. The largest absolute Gasteiger partial charge is 0.228 e. The predicted molar refractivity (Wildman–Crippen MR) is 54.2 cm³/mol. The van der Waals surface area contributed by atoms with Gasteiger partial charge in [-0.1, -0.05) is 45.0 Å². The summed E-state index contributed by atoms with van der Waals surface area (Å²) >= 11 is 0. The van der Waals surface area contributed by atoms with Gasteiger partial charge in [-0.2, -0.15) is 0 Å². The lowest BCUT2D eigenvalue weighted by molar-refractivity contribution is 0.105. The molecule has 0 aliphatic carbocycles. The fraction of sp³-hybridized carbons (Fsp3) is 0.500. The summed E-state index contributed by atoms with van der Waals surface area (Å²) in [5, 5.41) is 11.4. The van der Waals surface area contributed by atoms with Crippen molar-refractivity contribution in [1.82, 2.24) is 0 Å². The third-order valence-corrected chi connectivity index (χ3v) is 2.21. The molecule has 0 aromatic heterocycles. The first kappa shape index (κ1) is 10.3. The highest BCUT2D eigenvalue weighted by atomic mass is 16.3. The molecule has 0 amide bonds. The van der Waals surface area contributed by atoms with Crippen molar-refractivity contribution in [2.75, 3.05) is 0 Å². The van der Waals surface area contributed by atoms with Crippen molar-refractivity contribution >= 4 is 0 Å². The van der Waals surface area contributed by atoms with Gasteiger partial charge >= 0.3 is 0 Å². The molecule has 0 saturated carbocycles. The van der Waals surface area contributed by atoms with Crippen molar-refractivity contribution in [2.45, 2.75) is 39.2 Å². The lowest BCUT2D eigenvalue weighted by Crippen LogP contribution is -2.14. The Morgan fingerprint density at radius 3 is 2.08 bits per heavy atom. The quantitative estimate of drug-likeness (QED) is 0.626. The molecule has 1 unspecified atom stereocenters. The van der Waals surface area contributed by atoms with Gasteiger partial charge in [0.05, 0.1) is 0 Å². The van der Waals surface area contributed by atoms with Gasteiger partial charge in [-0.3, -0.25) is 0 Å². The number of hydrogen-bond acceptors (Lipinski definition) is 0. The van der Waals surface area contributed by atoms with Gasteiger partial charge in [0.1, 0.15) is 6.10 Å². The molecule has 0 saturated heterocycles. The van der Waals surface area contributed by atoms with Crippen LogP contribution in [0.4, 0.5) is 0 Å². The Morgan fingerprint density at radius 1 is 1.15 bits per heavy atom. The maximum atomic E-state index is 11.4. The molecule has 0 bridgehead atoms. The molecule has 0 aliphatic heterocycles. The van der Waals surface area contributed by atoms with Crippen LogP contribution >= 0.6 is 0 Å². The molecule has 1 radical (unpaired) electrons. The molecule has 1 aromatic carbocycles. The van der Waals surface area contributed by atoms with E-state index in [0.29, 0.717) is 0 Å². The zero-order chi connectivity index (χ0) is 10.1. The minimum Gasteiger partial charge on any atom is -0.228 e. The van der Waals surface area contributed by atoms with Gasteiger partial charge in [0, 0.05) is 0 Å². The van der Waals surface area contributed by atoms with Crippen LogP contribution < -0.4 is 0 Å². The van der Waals surface area contributed by atoms with Crippen LogP contribution in [0.1, 0.15) is 44.9 Å². The minimum atomic E-state index is -0.629. The Hall–Kier alpha value is -0.820. The van der Waals surface area contributed by atoms with E-state index in [1.165, 1.54) is 0 Å². The average molecular weight is 177 g/mol. The molecule has 0 spiro atoms. The van der Waals surface area contributed by atoms with E-state index in [1.807, 2.05) is 24.3 Å². The predicted octanol–water partition coefficient (Wildman–Crippen LogP) is 3.48. The van der Waals surface area contributed by atoms with Crippen LogP contribution in [0.15, 0.2) is 24.3 Å². The highest BCUT2D eigenvalue weighted by Gasteiger charge is 2.19. The summed E-state index contributed by atoms with van der Waals surface area (Å²) in [6.45, 7) is 8.10. The van der Waals surface area contributed by atoms with Crippen molar-refractivity contribution in [3.63, 3.8) is 0 Å². The van der Waals surface area contributed by atoms with E-state index >= 15 is 0 Å². The maximum absolute atomic E-state index is 11.4. The summed E-state index contributed by atoms with van der Waals surface area (Å²) in [4.78, 5) is 0. The SMILES string of the molecule is CC([O])c1ccccc1C(C)(C)C. The van der Waals surface area contributed by atoms with E-state index in [-0.39, 0.29) is 5.41 Å². The maximum Gasteiger partial charge on any atom is 0.115 e. The Labute approximate surface area is 80.4 Å². The van der Waals surface area contributed by atoms with Crippen molar-refractivity contribution in [3.8, 4) is 0 Å². The molecule has 1 nitrogen and oxygen atoms in total. The van der Waals surface area contributed by atoms with Crippen LogP contribution in [-0.2, 0) is 10.5 Å². The first-order chi connectivity index (χ1) is 5.93. The van der Waals surface area contributed by atoms with Crippen LogP contribution in [0.3, 0.4) is 0 Å². The standard InChI is InChI=1S/C12H17O/c1-9(13)10-7-5-6-8-11(10)12(2,3)4/h5-9H,1-4H3. The van der Waals surface area contributed by atoms with Crippen molar-refractivity contribution < 1.29 is 5.11 Å². The van der Waals surface area contributed by atoms with E-state index in [1.54, 1.807) is 6.92 Å². The fourth-order valence-corrected chi connectivity index (χ4v) is 1.53. The van der Waals surface area contributed by atoms with E-state index in [9.17, 15) is 5.11 Å². The lowest BCUT2D eigenvalue weighted by Gasteiger charge is -2.23. The molecule has 1 aromatic rings. The van der Waals surface area contributed by atoms with Crippen LogP contribution in [-0.4, -0.2) is 0 Å².